The predicted molar refractivity (Wildman–Crippen MR) is 166 cm³/mol. The molecule has 38 heavy (non-hydrogen) atoms. The molecule has 1 saturated carbocycles. The molecule has 6 rings (SSSR count). The lowest BCUT2D eigenvalue weighted by Crippen LogP contribution is -2.23. The summed E-state index contributed by atoms with van der Waals surface area (Å²) < 4.78 is 0. The highest BCUT2D eigenvalue weighted by atomic mass is 14.4. The zero-order valence-corrected chi connectivity index (χ0v) is 24.2. The summed E-state index contributed by atoms with van der Waals surface area (Å²) in [7, 11) is 0. The van der Waals surface area contributed by atoms with Gasteiger partial charge in [-0.25, -0.2) is 0 Å². The van der Waals surface area contributed by atoms with E-state index in [4.69, 9.17) is 6.58 Å². The Morgan fingerprint density at radius 1 is 0.842 bits per heavy atom. The molecule has 0 bridgehead atoms. The monoisotopic (exact) mass is 502 g/mol. The number of hydrogen-bond donors (Lipinski definition) is 0. The Hall–Kier alpha value is -2.86. The van der Waals surface area contributed by atoms with Crippen LogP contribution >= 0.6 is 0 Å². The topological polar surface area (TPSA) is 0 Å². The molecule has 0 spiro atoms. The molecule has 1 fully saturated rings. The van der Waals surface area contributed by atoms with E-state index < -0.39 is 0 Å². The van der Waals surface area contributed by atoms with Crippen molar-refractivity contribution in [1.29, 1.82) is 0 Å². The third kappa shape index (κ3) is 5.61. The summed E-state index contributed by atoms with van der Waals surface area (Å²) in [5.41, 5.74) is 16.3. The molecule has 3 aliphatic carbocycles. The van der Waals surface area contributed by atoms with Crippen molar-refractivity contribution in [3.05, 3.63) is 112 Å². The molecule has 0 saturated heterocycles. The molecule has 0 nitrogen and oxygen atoms in total. The van der Waals surface area contributed by atoms with Gasteiger partial charge < -0.3 is 0 Å². The molecule has 1 unspecified atom stereocenters. The Balaban J connectivity index is 0.000000937. The minimum absolute atomic E-state index is 0.553. The van der Waals surface area contributed by atoms with Gasteiger partial charge in [-0.2, -0.15) is 0 Å². The summed E-state index contributed by atoms with van der Waals surface area (Å²) in [5.74, 6) is 1.32. The highest BCUT2D eigenvalue weighted by Crippen LogP contribution is 2.45. The largest absolute Gasteiger partial charge is 0.0952 e. The van der Waals surface area contributed by atoms with E-state index in [0.717, 1.165) is 25.2 Å². The van der Waals surface area contributed by atoms with E-state index in [0.29, 0.717) is 5.92 Å². The lowest BCUT2D eigenvalue weighted by atomic mass is 9.72. The fourth-order valence-corrected chi connectivity index (χ4v) is 6.84. The number of fused-ring (bicyclic) bond motifs is 2. The number of aryl methyl sites for hydroxylation is 1. The van der Waals surface area contributed by atoms with Crippen molar-refractivity contribution >= 4 is 5.57 Å². The van der Waals surface area contributed by atoms with Crippen molar-refractivity contribution in [3.8, 4) is 11.1 Å². The first kappa shape index (κ1) is 26.7. The van der Waals surface area contributed by atoms with Gasteiger partial charge in [0.05, 0.1) is 0 Å². The zero-order valence-electron chi connectivity index (χ0n) is 24.2. The fraction of sp³-hybridized carbons (Fsp3) is 0.421. The zero-order chi connectivity index (χ0) is 26.6. The molecule has 0 heterocycles. The van der Waals surface area contributed by atoms with Gasteiger partial charge in [-0.1, -0.05) is 114 Å². The molecule has 0 aromatic heterocycles. The minimum atomic E-state index is 0.553. The maximum absolute atomic E-state index is 4.83. The van der Waals surface area contributed by atoms with E-state index in [1.807, 2.05) is 0 Å². The summed E-state index contributed by atoms with van der Waals surface area (Å²) in [4.78, 5) is 0. The standard InChI is InChI=1S/C35H38.C3H8/c1-4-25-14-16-26(17-15-25)29-18-30(35-22-31(35)19-29)21-34(27-10-6-5-7-11-27)24(3)33-20-28-12-8-9-13-32(28)23(33)2;1-3-2/h8-9,12-19,27,34H,3-7,10-11,20-22H2,1-2H3;3H2,1-2H3. The Labute approximate surface area is 231 Å². The van der Waals surface area contributed by atoms with Crippen LogP contribution in [0.2, 0.25) is 0 Å². The molecule has 3 aliphatic rings. The van der Waals surface area contributed by atoms with Gasteiger partial charge in [-0.05, 0) is 119 Å². The van der Waals surface area contributed by atoms with E-state index >= 15 is 0 Å². The van der Waals surface area contributed by atoms with Crippen LogP contribution in [0.4, 0.5) is 0 Å². The third-order valence-electron chi connectivity index (χ3n) is 9.11. The average Bonchev–Trinajstić information content (AvgIpc) is 3.68. The van der Waals surface area contributed by atoms with Crippen molar-refractivity contribution in [1.82, 2.24) is 0 Å². The van der Waals surface area contributed by atoms with Crippen molar-refractivity contribution in [2.75, 3.05) is 0 Å². The van der Waals surface area contributed by atoms with Gasteiger partial charge in [0.2, 0.25) is 0 Å². The van der Waals surface area contributed by atoms with Crippen LogP contribution < -0.4 is 0 Å². The fourth-order valence-electron chi connectivity index (χ4n) is 6.84. The highest BCUT2D eigenvalue weighted by Gasteiger charge is 2.33. The Bertz CT molecular complexity index is 1310. The summed E-state index contributed by atoms with van der Waals surface area (Å²) in [6.07, 6.45) is 12.6. The third-order valence-corrected chi connectivity index (χ3v) is 9.11. The Morgan fingerprint density at radius 3 is 2.24 bits per heavy atom. The summed E-state index contributed by atoms with van der Waals surface area (Å²) in [6, 6.07) is 23.1. The summed E-state index contributed by atoms with van der Waals surface area (Å²) >= 11 is 0. The van der Waals surface area contributed by atoms with Gasteiger partial charge in [-0.3, -0.25) is 0 Å². The number of hydrogen-bond acceptors (Lipinski definition) is 0. The molecule has 0 heteroatoms. The Kier molecular flexibility index (Phi) is 8.37. The lowest BCUT2D eigenvalue weighted by Gasteiger charge is -2.33. The average molecular weight is 503 g/mol. The second-order valence-electron chi connectivity index (χ2n) is 11.9. The van der Waals surface area contributed by atoms with Gasteiger partial charge in [0.15, 0.2) is 0 Å². The first-order chi connectivity index (χ1) is 18.5. The van der Waals surface area contributed by atoms with Crippen molar-refractivity contribution < 1.29 is 0 Å². The molecular formula is C38H46. The van der Waals surface area contributed by atoms with Crippen molar-refractivity contribution in [2.45, 2.75) is 91.9 Å². The maximum atomic E-state index is 4.83. The molecule has 3 aromatic rings. The van der Waals surface area contributed by atoms with E-state index in [2.05, 4.69) is 88.4 Å². The molecule has 0 N–H and O–H groups in total. The normalized spacial score (nSPS) is 16.8. The number of rotatable bonds is 7. The maximum Gasteiger partial charge on any atom is -0.00143 e. The van der Waals surface area contributed by atoms with Crippen LogP contribution in [0.1, 0.15) is 99.6 Å². The van der Waals surface area contributed by atoms with Gasteiger partial charge >= 0.3 is 0 Å². The quantitative estimate of drug-likeness (QED) is 0.236. The molecule has 0 aliphatic heterocycles. The predicted octanol–water partition coefficient (Wildman–Crippen LogP) is 10.6. The van der Waals surface area contributed by atoms with Gasteiger partial charge in [0, 0.05) is 0 Å². The van der Waals surface area contributed by atoms with Crippen molar-refractivity contribution in [3.63, 3.8) is 0 Å². The van der Waals surface area contributed by atoms with Gasteiger partial charge in [0.25, 0.3) is 0 Å². The van der Waals surface area contributed by atoms with Crippen LogP contribution in [0, 0.1) is 11.8 Å². The molecule has 0 radical (unpaired) electrons. The van der Waals surface area contributed by atoms with Gasteiger partial charge in [0.1, 0.15) is 0 Å². The van der Waals surface area contributed by atoms with Gasteiger partial charge in [-0.15, -0.1) is 0 Å². The summed E-state index contributed by atoms with van der Waals surface area (Å²) in [6.45, 7) is 13.6. The van der Waals surface area contributed by atoms with Crippen LogP contribution in [0.15, 0.2) is 78.4 Å². The Morgan fingerprint density at radius 2 is 1.55 bits per heavy atom. The molecular weight excluding hydrogens is 456 g/mol. The first-order valence-electron chi connectivity index (χ1n) is 15.2. The SMILES string of the molecule is C=C(C1=C(C)c2ccccc2C1)C(Cc1cc(-c2ccc(CC)cc2)cc2c1C2)C1CCCCC1.CCC. The first-order valence-corrected chi connectivity index (χ1v) is 15.2. The van der Waals surface area contributed by atoms with Crippen LogP contribution in [0.25, 0.3) is 16.7 Å². The number of benzene rings is 3. The van der Waals surface area contributed by atoms with Crippen LogP contribution in [-0.2, 0) is 25.7 Å². The van der Waals surface area contributed by atoms with Crippen molar-refractivity contribution in [2.24, 2.45) is 11.8 Å². The number of allylic oxidation sites excluding steroid dienone is 3. The molecule has 0 amide bonds. The van der Waals surface area contributed by atoms with E-state index in [9.17, 15) is 0 Å². The van der Waals surface area contributed by atoms with Crippen LogP contribution in [0.5, 0.6) is 0 Å². The van der Waals surface area contributed by atoms with Crippen LogP contribution in [0.3, 0.4) is 0 Å². The minimum Gasteiger partial charge on any atom is -0.0952 e. The summed E-state index contributed by atoms with van der Waals surface area (Å²) in [5, 5.41) is 0. The second kappa shape index (κ2) is 11.9. The molecule has 1 atom stereocenters. The highest BCUT2D eigenvalue weighted by molar-refractivity contribution is 5.78. The van der Waals surface area contributed by atoms with E-state index in [-0.39, 0.29) is 0 Å². The van der Waals surface area contributed by atoms with E-state index in [1.165, 1.54) is 89.5 Å². The lowest BCUT2D eigenvalue weighted by molar-refractivity contribution is 0.276. The second-order valence-corrected chi connectivity index (χ2v) is 11.9. The molecule has 3 aromatic carbocycles. The smallest absolute Gasteiger partial charge is 0.00143 e. The van der Waals surface area contributed by atoms with E-state index in [1.54, 1.807) is 16.7 Å². The molecule has 198 valence electrons. The van der Waals surface area contributed by atoms with Crippen LogP contribution in [-0.4, -0.2) is 0 Å².